The van der Waals surface area contributed by atoms with E-state index >= 15 is 0 Å². The predicted molar refractivity (Wildman–Crippen MR) is 80.8 cm³/mol. The average Bonchev–Trinajstić information content (AvgIpc) is 2.40. The van der Waals surface area contributed by atoms with Crippen molar-refractivity contribution in [1.82, 2.24) is 0 Å². The summed E-state index contributed by atoms with van der Waals surface area (Å²) >= 11 is 6.74. The molecule has 0 saturated heterocycles. The van der Waals surface area contributed by atoms with E-state index in [1.165, 1.54) is 0 Å². The molecule has 1 aromatic rings. The number of hydrogen-bond donors (Lipinski definition) is 0. The first-order valence-electron chi connectivity index (χ1n) is 5.87. The fourth-order valence-corrected chi connectivity index (χ4v) is 1.80. The van der Waals surface area contributed by atoms with Crippen LogP contribution in [-0.4, -0.2) is 31.0 Å². The van der Waals surface area contributed by atoms with Crippen molar-refractivity contribution in [2.24, 2.45) is 0 Å². The summed E-state index contributed by atoms with van der Waals surface area (Å²) in [6.45, 7) is 1.36. The van der Waals surface area contributed by atoms with Crippen LogP contribution in [0.2, 0.25) is 0 Å². The molecule has 0 bridgehead atoms. The van der Waals surface area contributed by atoms with Gasteiger partial charge in [0, 0.05) is 16.7 Å². The molecule has 0 saturated carbocycles. The zero-order valence-electron chi connectivity index (χ0n) is 10.5. The second-order valence-electron chi connectivity index (χ2n) is 3.59. The van der Waals surface area contributed by atoms with Crippen molar-refractivity contribution in [3.63, 3.8) is 0 Å². The van der Waals surface area contributed by atoms with Crippen molar-refractivity contribution in [2.45, 2.75) is 12.8 Å². The summed E-state index contributed by atoms with van der Waals surface area (Å²) in [5.74, 6) is 2.27. The smallest absolute Gasteiger partial charge is 0.164 e. The van der Waals surface area contributed by atoms with Gasteiger partial charge < -0.3 is 14.2 Å². The molecule has 3 nitrogen and oxygen atoms in total. The maximum atomic E-state index is 5.63. The SMILES string of the molecule is COc1cc(OCCCBr)ccc1OCCCBr. The van der Waals surface area contributed by atoms with Crippen LogP contribution in [0, 0.1) is 0 Å². The normalized spacial score (nSPS) is 10.2. The maximum absolute atomic E-state index is 5.63. The number of methoxy groups -OCH3 is 1. The maximum Gasteiger partial charge on any atom is 0.164 e. The lowest BCUT2D eigenvalue weighted by Gasteiger charge is -2.12. The first kappa shape index (κ1) is 15.6. The molecule has 0 aliphatic heterocycles. The third-order valence-electron chi connectivity index (χ3n) is 2.22. The molecular formula is C13H18Br2O3. The number of ether oxygens (including phenoxy) is 3. The largest absolute Gasteiger partial charge is 0.493 e. The Hall–Kier alpha value is -0.420. The molecule has 0 fully saturated rings. The van der Waals surface area contributed by atoms with Gasteiger partial charge in [-0.25, -0.2) is 0 Å². The van der Waals surface area contributed by atoms with Gasteiger partial charge in [-0.2, -0.15) is 0 Å². The minimum Gasteiger partial charge on any atom is -0.493 e. The van der Waals surface area contributed by atoms with E-state index < -0.39 is 0 Å². The number of alkyl halides is 2. The van der Waals surface area contributed by atoms with Gasteiger partial charge in [-0.05, 0) is 25.0 Å². The summed E-state index contributed by atoms with van der Waals surface area (Å²) in [4.78, 5) is 0. The summed E-state index contributed by atoms with van der Waals surface area (Å²) in [5, 5.41) is 1.88. The molecule has 5 heteroatoms. The molecule has 0 unspecified atom stereocenters. The lowest BCUT2D eigenvalue weighted by Crippen LogP contribution is -2.01. The van der Waals surface area contributed by atoms with Gasteiger partial charge in [0.15, 0.2) is 11.5 Å². The molecule has 0 radical (unpaired) electrons. The van der Waals surface area contributed by atoms with E-state index in [0.717, 1.165) is 35.0 Å². The van der Waals surface area contributed by atoms with Crippen molar-refractivity contribution in [1.29, 1.82) is 0 Å². The molecule has 1 rings (SSSR count). The minimum absolute atomic E-state index is 0.672. The van der Waals surface area contributed by atoms with E-state index in [4.69, 9.17) is 14.2 Å². The molecular weight excluding hydrogens is 364 g/mol. The summed E-state index contributed by atoms with van der Waals surface area (Å²) < 4.78 is 16.5. The van der Waals surface area contributed by atoms with Gasteiger partial charge >= 0.3 is 0 Å². The van der Waals surface area contributed by atoms with E-state index in [9.17, 15) is 0 Å². The molecule has 0 aromatic heterocycles. The number of benzene rings is 1. The Morgan fingerprint density at radius 1 is 0.944 bits per heavy atom. The van der Waals surface area contributed by atoms with Crippen molar-refractivity contribution < 1.29 is 14.2 Å². The molecule has 102 valence electrons. The van der Waals surface area contributed by atoms with Gasteiger partial charge in [0.2, 0.25) is 0 Å². The van der Waals surface area contributed by atoms with Crippen molar-refractivity contribution in [2.75, 3.05) is 31.0 Å². The molecule has 18 heavy (non-hydrogen) atoms. The van der Waals surface area contributed by atoms with E-state index in [2.05, 4.69) is 31.9 Å². The molecule has 0 aliphatic carbocycles. The van der Waals surface area contributed by atoms with Gasteiger partial charge in [-0.1, -0.05) is 31.9 Å². The highest BCUT2D eigenvalue weighted by atomic mass is 79.9. The van der Waals surface area contributed by atoms with Crippen LogP contribution in [0.4, 0.5) is 0 Å². The number of rotatable bonds is 9. The van der Waals surface area contributed by atoms with Crippen LogP contribution >= 0.6 is 31.9 Å². The highest BCUT2D eigenvalue weighted by Crippen LogP contribution is 2.31. The van der Waals surface area contributed by atoms with E-state index in [-0.39, 0.29) is 0 Å². The minimum atomic E-state index is 0.672. The molecule has 0 aliphatic rings. The monoisotopic (exact) mass is 380 g/mol. The summed E-state index contributed by atoms with van der Waals surface area (Å²) in [5.41, 5.74) is 0. The zero-order valence-corrected chi connectivity index (χ0v) is 13.6. The lowest BCUT2D eigenvalue weighted by molar-refractivity contribution is 0.289. The third-order valence-corrected chi connectivity index (χ3v) is 3.34. The van der Waals surface area contributed by atoms with Gasteiger partial charge in [0.05, 0.1) is 20.3 Å². The Kier molecular flexibility index (Phi) is 8.25. The number of hydrogen-bond acceptors (Lipinski definition) is 3. The third kappa shape index (κ3) is 5.48. The summed E-state index contributed by atoms with van der Waals surface area (Å²) in [7, 11) is 1.63. The highest BCUT2D eigenvalue weighted by molar-refractivity contribution is 9.09. The predicted octanol–water partition coefficient (Wildman–Crippen LogP) is 4.02. The van der Waals surface area contributed by atoms with E-state index in [1.54, 1.807) is 7.11 Å². The Balaban J connectivity index is 2.58. The highest BCUT2D eigenvalue weighted by Gasteiger charge is 2.06. The van der Waals surface area contributed by atoms with Crippen LogP contribution in [0.3, 0.4) is 0 Å². The second kappa shape index (κ2) is 9.50. The molecule has 0 amide bonds. The standard InChI is InChI=1S/C13H18Br2O3/c1-16-13-10-11(17-8-2-6-14)4-5-12(13)18-9-3-7-15/h4-5,10H,2-3,6-9H2,1H3. The summed E-state index contributed by atoms with van der Waals surface area (Å²) in [6, 6.07) is 5.65. The lowest BCUT2D eigenvalue weighted by atomic mass is 10.3. The van der Waals surface area contributed by atoms with Gasteiger partial charge in [-0.3, -0.25) is 0 Å². The molecule has 0 spiro atoms. The summed E-state index contributed by atoms with van der Waals surface area (Å²) in [6.07, 6.45) is 1.94. The molecule has 0 N–H and O–H groups in total. The quantitative estimate of drug-likeness (QED) is 0.477. The van der Waals surface area contributed by atoms with Gasteiger partial charge in [0.1, 0.15) is 5.75 Å². The van der Waals surface area contributed by atoms with E-state index in [1.807, 2.05) is 18.2 Å². The molecule has 0 atom stereocenters. The number of halogens is 2. The van der Waals surface area contributed by atoms with Crippen molar-refractivity contribution >= 4 is 31.9 Å². The second-order valence-corrected chi connectivity index (χ2v) is 5.18. The Morgan fingerprint density at radius 3 is 2.22 bits per heavy atom. The van der Waals surface area contributed by atoms with Crippen LogP contribution in [0.5, 0.6) is 17.2 Å². The first-order chi connectivity index (χ1) is 8.81. The topological polar surface area (TPSA) is 27.7 Å². The van der Waals surface area contributed by atoms with Crippen LogP contribution < -0.4 is 14.2 Å². The van der Waals surface area contributed by atoms with Crippen LogP contribution in [0.15, 0.2) is 18.2 Å². The van der Waals surface area contributed by atoms with E-state index in [0.29, 0.717) is 19.0 Å². The van der Waals surface area contributed by atoms with Crippen molar-refractivity contribution in [3.05, 3.63) is 18.2 Å². The Bertz CT molecular complexity index is 345. The molecule has 1 aromatic carbocycles. The first-order valence-corrected chi connectivity index (χ1v) is 8.11. The van der Waals surface area contributed by atoms with Crippen LogP contribution in [0.25, 0.3) is 0 Å². The Labute approximate surface area is 125 Å². The molecule has 0 heterocycles. The fourth-order valence-electron chi connectivity index (χ4n) is 1.34. The van der Waals surface area contributed by atoms with Gasteiger partial charge in [0.25, 0.3) is 0 Å². The fraction of sp³-hybridized carbons (Fsp3) is 0.538. The Morgan fingerprint density at radius 2 is 1.61 bits per heavy atom. The van der Waals surface area contributed by atoms with Crippen molar-refractivity contribution in [3.8, 4) is 17.2 Å². The zero-order chi connectivity index (χ0) is 13.2. The van der Waals surface area contributed by atoms with Crippen LogP contribution in [-0.2, 0) is 0 Å². The average molecular weight is 382 g/mol. The van der Waals surface area contributed by atoms with Crippen LogP contribution in [0.1, 0.15) is 12.8 Å². The van der Waals surface area contributed by atoms with Gasteiger partial charge in [-0.15, -0.1) is 0 Å².